The Morgan fingerprint density at radius 2 is 1.62 bits per heavy atom. The van der Waals surface area contributed by atoms with Gasteiger partial charge in [-0.15, -0.1) is 0 Å². The second-order valence-electron chi connectivity index (χ2n) is 9.35. The topological polar surface area (TPSA) is 86.8 Å². The first-order valence-corrected chi connectivity index (χ1v) is 14.8. The Bertz CT molecular complexity index is 1430. The van der Waals surface area contributed by atoms with Gasteiger partial charge in [-0.3, -0.25) is 13.9 Å². The van der Waals surface area contributed by atoms with Gasteiger partial charge in [-0.2, -0.15) is 0 Å². The molecular weight excluding hydrogens is 557 g/mol. The Morgan fingerprint density at radius 3 is 2.23 bits per heavy atom. The van der Waals surface area contributed by atoms with Crippen molar-refractivity contribution in [3.63, 3.8) is 0 Å². The molecule has 0 heterocycles. The van der Waals surface area contributed by atoms with Crippen LogP contribution < -0.4 is 9.62 Å². The van der Waals surface area contributed by atoms with Crippen molar-refractivity contribution in [3.8, 4) is 0 Å². The van der Waals surface area contributed by atoms with Crippen LogP contribution in [0.15, 0.2) is 71.6 Å². The van der Waals surface area contributed by atoms with Gasteiger partial charge < -0.3 is 10.2 Å². The number of amides is 2. The molecule has 0 unspecified atom stereocenters. The number of benzene rings is 3. The predicted octanol–water partition coefficient (Wildman–Crippen LogP) is 5.75. The Kier molecular flexibility index (Phi) is 10.4. The van der Waals surface area contributed by atoms with Crippen molar-refractivity contribution in [2.24, 2.45) is 0 Å². The van der Waals surface area contributed by atoms with Gasteiger partial charge in [0.1, 0.15) is 12.6 Å². The van der Waals surface area contributed by atoms with Gasteiger partial charge in [0.2, 0.25) is 11.8 Å². The first-order valence-electron chi connectivity index (χ1n) is 12.6. The van der Waals surface area contributed by atoms with E-state index in [0.717, 1.165) is 16.3 Å². The molecular formula is C29H33Cl2N3O4S. The third-order valence-corrected chi connectivity index (χ3v) is 8.84. The molecule has 0 fully saturated rings. The number of aryl methyl sites for hydroxylation is 2. The SMILES string of the molecule is CCCNC(=O)[C@@H](C)N(Cc1ccc(Cl)c(Cl)c1)C(=O)CN(c1ccccc1C)S(=O)(=O)c1ccc(C)cc1. The van der Waals surface area contributed by atoms with Crippen molar-refractivity contribution in [1.82, 2.24) is 10.2 Å². The van der Waals surface area contributed by atoms with E-state index in [2.05, 4.69) is 5.32 Å². The summed E-state index contributed by atoms with van der Waals surface area (Å²) in [6.45, 7) is 7.18. The van der Waals surface area contributed by atoms with E-state index in [-0.39, 0.29) is 17.3 Å². The van der Waals surface area contributed by atoms with Crippen LogP contribution in [0.2, 0.25) is 10.0 Å². The van der Waals surface area contributed by atoms with Crippen LogP contribution in [-0.4, -0.2) is 44.3 Å². The second-order valence-corrected chi connectivity index (χ2v) is 12.0. The van der Waals surface area contributed by atoms with Gasteiger partial charge in [-0.1, -0.05) is 72.1 Å². The smallest absolute Gasteiger partial charge is 0.264 e. The monoisotopic (exact) mass is 589 g/mol. The van der Waals surface area contributed by atoms with Crippen LogP contribution in [0.3, 0.4) is 0 Å². The van der Waals surface area contributed by atoms with Gasteiger partial charge in [0.05, 0.1) is 20.6 Å². The van der Waals surface area contributed by atoms with E-state index < -0.39 is 28.5 Å². The third-order valence-electron chi connectivity index (χ3n) is 6.33. The number of hydrogen-bond acceptors (Lipinski definition) is 4. The van der Waals surface area contributed by atoms with Crippen molar-refractivity contribution in [2.45, 2.75) is 51.6 Å². The highest BCUT2D eigenvalue weighted by Crippen LogP contribution is 2.28. The van der Waals surface area contributed by atoms with Crippen LogP contribution in [0.25, 0.3) is 0 Å². The van der Waals surface area contributed by atoms with Crippen molar-refractivity contribution in [3.05, 3.63) is 93.5 Å². The zero-order valence-electron chi connectivity index (χ0n) is 22.4. The lowest BCUT2D eigenvalue weighted by molar-refractivity contribution is -0.139. The average molecular weight is 591 g/mol. The average Bonchev–Trinajstić information content (AvgIpc) is 2.91. The molecule has 208 valence electrons. The Balaban J connectivity index is 2.04. The minimum absolute atomic E-state index is 0.0304. The van der Waals surface area contributed by atoms with E-state index in [9.17, 15) is 18.0 Å². The molecule has 3 aromatic carbocycles. The summed E-state index contributed by atoms with van der Waals surface area (Å²) >= 11 is 12.3. The van der Waals surface area contributed by atoms with Crippen LogP contribution in [0.4, 0.5) is 5.69 Å². The molecule has 0 aromatic heterocycles. The third kappa shape index (κ3) is 7.53. The molecule has 0 aliphatic rings. The largest absolute Gasteiger partial charge is 0.354 e. The molecule has 2 amide bonds. The van der Waals surface area contributed by atoms with Crippen LogP contribution >= 0.6 is 23.2 Å². The highest BCUT2D eigenvalue weighted by atomic mass is 35.5. The summed E-state index contributed by atoms with van der Waals surface area (Å²) in [5.74, 6) is -0.881. The number of sulfonamides is 1. The van der Waals surface area contributed by atoms with E-state index >= 15 is 0 Å². The molecule has 1 N–H and O–H groups in total. The summed E-state index contributed by atoms with van der Waals surface area (Å²) in [5, 5.41) is 3.49. The van der Waals surface area contributed by atoms with Gasteiger partial charge in [0, 0.05) is 13.1 Å². The van der Waals surface area contributed by atoms with Crippen molar-refractivity contribution < 1.29 is 18.0 Å². The van der Waals surface area contributed by atoms with Crippen LogP contribution in [0.5, 0.6) is 0 Å². The first-order chi connectivity index (χ1) is 18.4. The number of hydrogen-bond donors (Lipinski definition) is 1. The van der Waals surface area contributed by atoms with Gasteiger partial charge in [0.15, 0.2) is 0 Å². The first kappa shape index (κ1) is 30.5. The van der Waals surface area contributed by atoms with Gasteiger partial charge >= 0.3 is 0 Å². The molecule has 3 rings (SSSR count). The Morgan fingerprint density at radius 1 is 0.949 bits per heavy atom. The van der Waals surface area contributed by atoms with Crippen molar-refractivity contribution in [1.29, 1.82) is 0 Å². The number of para-hydroxylation sites is 1. The Hall–Kier alpha value is -3.07. The van der Waals surface area contributed by atoms with Gasteiger partial charge in [-0.05, 0) is 68.7 Å². The zero-order valence-corrected chi connectivity index (χ0v) is 24.8. The highest BCUT2D eigenvalue weighted by Gasteiger charge is 2.33. The van der Waals surface area contributed by atoms with E-state index in [1.807, 2.05) is 13.8 Å². The van der Waals surface area contributed by atoms with Gasteiger partial charge in [0.25, 0.3) is 10.0 Å². The van der Waals surface area contributed by atoms with Crippen molar-refractivity contribution in [2.75, 3.05) is 17.4 Å². The van der Waals surface area contributed by atoms with Crippen LogP contribution in [-0.2, 0) is 26.2 Å². The Labute approximate surface area is 240 Å². The summed E-state index contributed by atoms with van der Waals surface area (Å²) in [5.41, 5.74) is 2.62. The predicted molar refractivity (Wildman–Crippen MR) is 157 cm³/mol. The lowest BCUT2D eigenvalue weighted by Crippen LogP contribution is -2.51. The molecule has 0 saturated carbocycles. The number of nitrogens with one attached hydrogen (secondary N) is 1. The zero-order chi connectivity index (χ0) is 28.7. The second kappa shape index (κ2) is 13.3. The molecule has 39 heavy (non-hydrogen) atoms. The fourth-order valence-corrected chi connectivity index (χ4v) is 5.81. The van der Waals surface area contributed by atoms with E-state index in [0.29, 0.717) is 33.4 Å². The van der Waals surface area contributed by atoms with E-state index in [1.54, 1.807) is 68.4 Å². The molecule has 10 heteroatoms. The molecule has 7 nitrogen and oxygen atoms in total. The quantitative estimate of drug-likeness (QED) is 0.308. The maximum absolute atomic E-state index is 13.9. The van der Waals surface area contributed by atoms with E-state index in [4.69, 9.17) is 23.2 Å². The number of anilines is 1. The van der Waals surface area contributed by atoms with Crippen LogP contribution in [0, 0.1) is 13.8 Å². The number of nitrogens with zero attached hydrogens (tertiary/aromatic N) is 2. The number of carbonyl (C=O) groups is 2. The fourth-order valence-electron chi connectivity index (χ4n) is 4.01. The molecule has 0 saturated heterocycles. The fraction of sp³-hybridized carbons (Fsp3) is 0.310. The lowest BCUT2D eigenvalue weighted by atomic mass is 10.1. The number of rotatable bonds is 11. The molecule has 0 bridgehead atoms. The maximum atomic E-state index is 13.9. The van der Waals surface area contributed by atoms with Crippen LogP contribution in [0.1, 0.15) is 37.0 Å². The standard InChI is InChI=1S/C29H33Cl2N3O4S/c1-5-16-32-29(36)22(4)33(18-23-12-15-25(30)26(31)17-23)28(35)19-34(27-9-7-6-8-21(27)3)39(37,38)24-13-10-20(2)11-14-24/h6-15,17,22H,5,16,18-19H2,1-4H3,(H,32,36)/t22-/m1/s1. The summed E-state index contributed by atoms with van der Waals surface area (Å²) < 4.78 is 28.9. The minimum Gasteiger partial charge on any atom is -0.354 e. The molecule has 0 aliphatic heterocycles. The normalized spacial score (nSPS) is 12.1. The molecule has 3 aromatic rings. The highest BCUT2D eigenvalue weighted by molar-refractivity contribution is 7.92. The van der Waals surface area contributed by atoms with Crippen molar-refractivity contribution >= 4 is 50.7 Å². The molecule has 0 spiro atoms. The lowest BCUT2D eigenvalue weighted by Gasteiger charge is -2.32. The summed E-state index contributed by atoms with van der Waals surface area (Å²) in [6.07, 6.45) is 0.731. The molecule has 0 radical (unpaired) electrons. The maximum Gasteiger partial charge on any atom is 0.264 e. The summed E-state index contributed by atoms with van der Waals surface area (Å²) in [7, 11) is -4.12. The molecule has 1 atom stereocenters. The molecule has 0 aliphatic carbocycles. The van der Waals surface area contributed by atoms with E-state index in [1.165, 1.54) is 17.0 Å². The summed E-state index contributed by atoms with van der Waals surface area (Å²) in [6, 6.07) is 17.5. The summed E-state index contributed by atoms with van der Waals surface area (Å²) in [4.78, 5) is 28.3. The minimum atomic E-state index is -4.12. The number of halogens is 2. The number of carbonyl (C=O) groups excluding carboxylic acids is 2. The van der Waals surface area contributed by atoms with Gasteiger partial charge in [-0.25, -0.2) is 8.42 Å².